The molecule has 158 valence electrons. The Kier molecular flexibility index (Phi) is 7.43. The van der Waals surface area contributed by atoms with E-state index in [0.29, 0.717) is 18.9 Å². The fraction of sp³-hybridized carbons (Fsp3) is 0.524. The van der Waals surface area contributed by atoms with E-state index in [0.717, 1.165) is 10.6 Å². The Morgan fingerprint density at radius 1 is 1.21 bits per heavy atom. The quantitative estimate of drug-likeness (QED) is 0.664. The van der Waals surface area contributed by atoms with Crippen molar-refractivity contribution in [3.8, 4) is 0 Å². The Labute approximate surface area is 177 Å². The minimum absolute atomic E-state index is 0.153. The zero-order chi connectivity index (χ0) is 20.9. The first-order valence-electron chi connectivity index (χ1n) is 10.2. The summed E-state index contributed by atoms with van der Waals surface area (Å²) in [7, 11) is -3.73. The van der Waals surface area contributed by atoms with Gasteiger partial charge in [-0.05, 0) is 38.8 Å². The highest BCUT2D eigenvalue weighted by Crippen LogP contribution is 2.33. The Morgan fingerprint density at radius 2 is 1.90 bits per heavy atom. The molecule has 0 bridgehead atoms. The van der Waals surface area contributed by atoms with Crippen LogP contribution in [0.4, 0.5) is 0 Å². The van der Waals surface area contributed by atoms with Gasteiger partial charge >= 0.3 is 0 Å². The number of carbonyl (C=O) groups is 1. The maximum absolute atomic E-state index is 12.4. The van der Waals surface area contributed by atoms with E-state index in [2.05, 4.69) is 15.4 Å². The Hall–Kier alpha value is -1.77. The van der Waals surface area contributed by atoms with Crippen molar-refractivity contribution >= 4 is 27.3 Å². The third-order valence-corrected chi connectivity index (χ3v) is 7.77. The molecule has 1 heterocycles. The van der Waals surface area contributed by atoms with Gasteiger partial charge in [-0.2, -0.15) is 4.72 Å². The average Bonchev–Trinajstić information content (AvgIpc) is 3.17. The second-order valence-corrected chi connectivity index (χ2v) is 10.4. The molecule has 29 heavy (non-hydrogen) atoms. The third-order valence-electron chi connectivity index (χ3n) is 5.29. The van der Waals surface area contributed by atoms with Crippen molar-refractivity contribution in [3.05, 3.63) is 45.9 Å². The SMILES string of the molecule is Cc1ccc(S(=O)(=O)N[C@@H](C)C(=O)NCCc2nc(C3CCCCC3)cs2)cc1. The molecule has 2 N–H and O–H groups in total. The van der Waals surface area contributed by atoms with E-state index in [1.807, 2.05) is 6.92 Å². The standard InChI is InChI=1S/C21H29N3O3S2/c1-15-8-10-18(11-9-15)29(26,27)24-16(2)21(25)22-13-12-20-23-19(14-28-20)17-6-4-3-5-7-17/h8-11,14,16-17,24H,3-7,12-13H2,1-2H3,(H,22,25)/t16-/m0/s1. The predicted octanol–water partition coefficient (Wildman–Crippen LogP) is 3.52. The van der Waals surface area contributed by atoms with Crippen LogP contribution in [0, 0.1) is 6.92 Å². The number of amides is 1. The minimum Gasteiger partial charge on any atom is -0.354 e. The van der Waals surface area contributed by atoms with Gasteiger partial charge in [-0.1, -0.05) is 37.0 Å². The van der Waals surface area contributed by atoms with E-state index >= 15 is 0 Å². The van der Waals surface area contributed by atoms with Crippen LogP contribution in [0.25, 0.3) is 0 Å². The predicted molar refractivity (Wildman–Crippen MR) is 116 cm³/mol. The fourth-order valence-corrected chi connectivity index (χ4v) is 5.63. The lowest BCUT2D eigenvalue weighted by Crippen LogP contribution is -2.45. The molecule has 1 fully saturated rings. The summed E-state index contributed by atoms with van der Waals surface area (Å²) in [6.45, 7) is 3.87. The highest BCUT2D eigenvalue weighted by atomic mass is 32.2. The number of aryl methyl sites for hydroxylation is 1. The van der Waals surface area contributed by atoms with Gasteiger partial charge in [-0.3, -0.25) is 4.79 Å². The molecule has 1 aliphatic carbocycles. The molecule has 1 amide bonds. The highest BCUT2D eigenvalue weighted by molar-refractivity contribution is 7.89. The fourth-order valence-electron chi connectivity index (χ4n) is 3.54. The molecule has 3 rings (SSSR count). The first-order valence-corrected chi connectivity index (χ1v) is 12.5. The zero-order valence-corrected chi connectivity index (χ0v) is 18.6. The molecule has 1 aliphatic rings. The molecule has 1 aromatic heterocycles. The number of rotatable bonds is 8. The summed E-state index contributed by atoms with van der Waals surface area (Å²) in [5.41, 5.74) is 2.17. The number of hydrogen-bond donors (Lipinski definition) is 2. The molecule has 0 radical (unpaired) electrons. The number of sulfonamides is 1. The highest BCUT2D eigenvalue weighted by Gasteiger charge is 2.22. The summed E-state index contributed by atoms with van der Waals surface area (Å²) in [4.78, 5) is 17.2. The van der Waals surface area contributed by atoms with E-state index in [-0.39, 0.29) is 10.8 Å². The largest absolute Gasteiger partial charge is 0.354 e. The maximum atomic E-state index is 12.4. The van der Waals surface area contributed by atoms with Crippen LogP contribution in [-0.2, 0) is 21.2 Å². The van der Waals surface area contributed by atoms with Crippen molar-refractivity contribution in [2.75, 3.05) is 6.54 Å². The van der Waals surface area contributed by atoms with Crippen molar-refractivity contribution in [3.63, 3.8) is 0 Å². The van der Waals surface area contributed by atoms with Crippen molar-refractivity contribution < 1.29 is 13.2 Å². The van der Waals surface area contributed by atoms with Crippen molar-refractivity contribution in [1.29, 1.82) is 0 Å². The smallest absolute Gasteiger partial charge is 0.241 e. The van der Waals surface area contributed by atoms with Crippen LogP contribution in [0.15, 0.2) is 34.5 Å². The molecule has 0 saturated heterocycles. The number of nitrogens with one attached hydrogen (secondary N) is 2. The first-order chi connectivity index (χ1) is 13.8. The van der Waals surface area contributed by atoms with Gasteiger partial charge in [0.25, 0.3) is 0 Å². The van der Waals surface area contributed by atoms with Crippen LogP contribution in [0.5, 0.6) is 0 Å². The summed E-state index contributed by atoms with van der Waals surface area (Å²) in [5.74, 6) is 0.240. The lowest BCUT2D eigenvalue weighted by atomic mass is 9.87. The zero-order valence-electron chi connectivity index (χ0n) is 17.0. The van der Waals surface area contributed by atoms with Gasteiger partial charge in [-0.25, -0.2) is 13.4 Å². The number of nitrogens with zero attached hydrogens (tertiary/aromatic N) is 1. The molecule has 2 aromatic rings. The first kappa shape index (κ1) is 21.9. The number of aromatic nitrogens is 1. The molecule has 1 saturated carbocycles. The lowest BCUT2D eigenvalue weighted by Gasteiger charge is -2.19. The molecular weight excluding hydrogens is 406 g/mol. The summed E-state index contributed by atoms with van der Waals surface area (Å²) < 4.78 is 27.2. The van der Waals surface area contributed by atoms with Crippen LogP contribution in [0.2, 0.25) is 0 Å². The van der Waals surface area contributed by atoms with E-state index in [1.54, 1.807) is 30.4 Å². The average molecular weight is 436 g/mol. The lowest BCUT2D eigenvalue weighted by molar-refractivity contribution is -0.122. The van der Waals surface area contributed by atoms with E-state index in [4.69, 9.17) is 4.98 Å². The van der Waals surface area contributed by atoms with E-state index in [1.165, 1.54) is 49.9 Å². The molecule has 0 spiro atoms. The Bertz CT molecular complexity index is 917. The molecule has 1 atom stereocenters. The van der Waals surface area contributed by atoms with Gasteiger partial charge in [0.2, 0.25) is 15.9 Å². The van der Waals surface area contributed by atoms with Crippen LogP contribution >= 0.6 is 11.3 Å². The molecule has 1 aromatic carbocycles. The number of benzene rings is 1. The summed E-state index contributed by atoms with van der Waals surface area (Å²) in [6.07, 6.45) is 6.98. The number of thiazole rings is 1. The Balaban J connectivity index is 1.46. The van der Waals surface area contributed by atoms with Crippen molar-refractivity contribution in [1.82, 2.24) is 15.0 Å². The van der Waals surface area contributed by atoms with Crippen molar-refractivity contribution in [2.24, 2.45) is 0 Å². The summed E-state index contributed by atoms with van der Waals surface area (Å²) in [6, 6.07) is 5.68. The molecule has 0 aliphatic heterocycles. The van der Waals surface area contributed by atoms with Gasteiger partial charge in [0, 0.05) is 24.3 Å². The Morgan fingerprint density at radius 3 is 2.59 bits per heavy atom. The molecule has 0 unspecified atom stereocenters. The number of hydrogen-bond acceptors (Lipinski definition) is 5. The molecule has 6 nitrogen and oxygen atoms in total. The second kappa shape index (κ2) is 9.82. The number of carbonyl (C=O) groups excluding carboxylic acids is 1. The van der Waals surface area contributed by atoms with Crippen molar-refractivity contribution in [2.45, 2.75) is 69.2 Å². The van der Waals surface area contributed by atoms with Gasteiger partial charge < -0.3 is 5.32 Å². The second-order valence-electron chi connectivity index (χ2n) is 7.70. The van der Waals surface area contributed by atoms with Crippen LogP contribution in [0.1, 0.15) is 61.2 Å². The van der Waals surface area contributed by atoms with Gasteiger partial charge in [0.1, 0.15) is 0 Å². The maximum Gasteiger partial charge on any atom is 0.241 e. The third kappa shape index (κ3) is 6.10. The van der Waals surface area contributed by atoms with Gasteiger partial charge in [0.15, 0.2) is 0 Å². The molecule has 8 heteroatoms. The molecular formula is C21H29N3O3S2. The van der Waals surface area contributed by atoms with E-state index in [9.17, 15) is 13.2 Å². The van der Waals surface area contributed by atoms with Gasteiger partial charge in [0.05, 0.1) is 21.6 Å². The van der Waals surface area contributed by atoms with E-state index < -0.39 is 16.1 Å². The minimum atomic E-state index is -3.73. The van der Waals surface area contributed by atoms with Crippen LogP contribution in [-0.4, -0.2) is 31.9 Å². The monoisotopic (exact) mass is 435 g/mol. The topological polar surface area (TPSA) is 88.2 Å². The summed E-state index contributed by atoms with van der Waals surface area (Å²) in [5, 5.41) is 5.96. The van der Waals surface area contributed by atoms with Crippen LogP contribution < -0.4 is 10.0 Å². The van der Waals surface area contributed by atoms with Gasteiger partial charge in [-0.15, -0.1) is 11.3 Å². The summed E-state index contributed by atoms with van der Waals surface area (Å²) >= 11 is 1.64. The van der Waals surface area contributed by atoms with Crippen LogP contribution in [0.3, 0.4) is 0 Å². The normalized spacial score (nSPS) is 16.5.